The third kappa shape index (κ3) is 4.85. The average molecular weight is 491 g/mol. The van der Waals surface area contributed by atoms with Gasteiger partial charge in [0.2, 0.25) is 5.88 Å². The first kappa shape index (κ1) is 25.4. The molecule has 1 saturated heterocycles. The van der Waals surface area contributed by atoms with E-state index in [1.165, 1.54) is 6.07 Å². The van der Waals surface area contributed by atoms with Gasteiger partial charge in [-0.25, -0.2) is 4.98 Å². The van der Waals surface area contributed by atoms with Crippen LogP contribution in [0.1, 0.15) is 50.1 Å². The Labute approximate surface area is 201 Å². The van der Waals surface area contributed by atoms with E-state index in [4.69, 9.17) is 22.2 Å². The number of aromatic nitrogens is 1. The summed E-state index contributed by atoms with van der Waals surface area (Å²) in [5.41, 5.74) is -1.28. The standard InChI is InChI=1S/C24H25F3N4O2S/c1-14(2)13-33-20-9-7-17(15(3)29-20)12-30-22(34)31(21(32)23(30,4)5)18-8-6-16(11-28)19(10-18)24(25,26)27/h6-10,14H,12-13H2,1-5H3. The van der Waals surface area contributed by atoms with E-state index in [0.29, 0.717) is 24.1 Å². The van der Waals surface area contributed by atoms with Gasteiger partial charge in [0.1, 0.15) is 5.54 Å². The van der Waals surface area contributed by atoms with Crippen molar-refractivity contribution in [1.82, 2.24) is 9.88 Å². The molecule has 2 aromatic rings. The number of rotatable bonds is 6. The van der Waals surface area contributed by atoms with Gasteiger partial charge >= 0.3 is 6.18 Å². The van der Waals surface area contributed by atoms with Crippen molar-refractivity contribution in [2.24, 2.45) is 5.92 Å². The Kier molecular flexibility index (Phi) is 6.90. The minimum atomic E-state index is -4.75. The van der Waals surface area contributed by atoms with E-state index in [2.05, 4.69) is 4.98 Å². The molecule has 2 heterocycles. The lowest BCUT2D eigenvalue weighted by molar-refractivity contribution is -0.137. The Morgan fingerprint density at radius 2 is 1.91 bits per heavy atom. The third-order valence-electron chi connectivity index (χ3n) is 5.57. The van der Waals surface area contributed by atoms with Crippen LogP contribution in [0.5, 0.6) is 5.88 Å². The topological polar surface area (TPSA) is 69.5 Å². The normalized spacial score (nSPS) is 15.8. The summed E-state index contributed by atoms with van der Waals surface area (Å²) in [5.74, 6) is 0.382. The van der Waals surface area contributed by atoms with Gasteiger partial charge in [0.15, 0.2) is 5.11 Å². The smallest absolute Gasteiger partial charge is 0.417 e. The molecule has 1 amide bonds. The van der Waals surface area contributed by atoms with Gasteiger partial charge in [0.25, 0.3) is 5.91 Å². The molecule has 0 saturated carbocycles. The van der Waals surface area contributed by atoms with E-state index in [9.17, 15) is 18.0 Å². The fraction of sp³-hybridized carbons (Fsp3) is 0.417. The van der Waals surface area contributed by atoms with Crippen LogP contribution in [-0.2, 0) is 17.5 Å². The highest BCUT2D eigenvalue weighted by Gasteiger charge is 2.50. The van der Waals surface area contributed by atoms with E-state index >= 15 is 0 Å². The van der Waals surface area contributed by atoms with Crippen molar-refractivity contribution < 1.29 is 22.7 Å². The number of thiocarbonyl (C=S) groups is 1. The van der Waals surface area contributed by atoms with Crippen LogP contribution < -0.4 is 9.64 Å². The number of alkyl halides is 3. The number of amides is 1. The lowest BCUT2D eigenvalue weighted by Gasteiger charge is -2.30. The fourth-order valence-electron chi connectivity index (χ4n) is 3.57. The van der Waals surface area contributed by atoms with Gasteiger partial charge < -0.3 is 9.64 Å². The minimum Gasteiger partial charge on any atom is -0.477 e. The molecule has 0 bridgehead atoms. The van der Waals surface area contributed by atoms with Crippen molar-refractivity contribution in [3.63, 3.8) is 0 Å². The molecule has 1 fully saturated rings. The first-order valence-electron chi connectivity index (χ1n) is 10.6. The van der Waals surface area contributed by atoms with E-state index in [-0.39, 0.29) is 17.3 Å². The minimum absolute atomic E-state index is 0.0378. The largest absolute Gasteiger partial charge is 0.477 e. The molecular weight excluding hydrogens is 465 g/mol. The molecular formula is C24H25F3N4O2S. The molecule has 1 aliphatic rings. The number of nitriles is 1. The number of nitrogens with zero attached hydrogens (tertiary/aromatic N) is 4. The Hall–Kier alpha value is -3.19. The number of hydrogen-bond acceptors (Lipinski definition) is 5. The van der Waals surface area contributed by atoms with Gasteiger partial charge in [-0.1, -0.05) is 19.9 Å². The molecule has 0 atom stereocenters. The van der Waals surface area contributed by atoms with Crippen LogP contribution in [0.3, 0.4) is 0 Å². The van der Waals surface area contributed by atoms with E-state index < -0.39 is 28.7 Å². The SMILES string of the molecule is Cc1nc(OCC(C)C)ccc1CN1C(=S)N(c2ccc(C#N)c(C(F)(F)F)c2)C(=O)C1(C)C. The van der Waals surface area contributed by atoms with Crippen molar-refractivity contribution >= 4 is 28.9 Å². The summed E-state index contributed by atoms with van der Waals surface area (Å²) >= 11 is 5.55. The van der Waals surface area contributed by atoms with Gasteiger partial charge in [0, 0.05) is 18.3 Å². The zero-order chi connectivity index (χ0) is 25.4. The first-order valence-corrected chi connectivity index (χ1v) is 11.0. The van der Waals surface area contributed by atoms with Crippen LogP contribution in [0.4, 0.5) is 18.9 Å². The van der Waals surface area contributed by atoms with Crippen LogP contribution in [0, 0.1) is 24.2 Å². The summed E-state index contributed by atoms with van der Waals surface area (Å²) in [6, 6.07) is 8.26. The molecule has 180 valence electrons. The molecule has 0 spiro atoms. The molecule has 3 rings (SSSR count). The predicted molar refractivity (Wildman–Crippen MR) is 125 cm³/mol. The van der Waals surface area contributed by atoms with Crippen LogP contribution >= 0.6 is 12.2 Å². The zero-order valence-electron chi connectivity index (χ0n) is 19.5. The first-order chi connectivity index (χ1) is 15.8. The molecule has 1 aromatic carbocycles. The van der Waals surface area contributed by atoms with Gasteiger partial charge in [0.05, 0.1) is 29.5 Å². The Morgan fingerprint density at radius 3 is 2.47 bits per heavy atom. The molecule has 0 radical (unpaired) electrons. The maximum atomic E-state index is 13.5. The summed E-state index contributed by atoms with van der Waals surface area (Å²) in [5, 5.41) is 9.13. The van der Waals surface area contributed by atoms with E-state index in [0.717, 1.165) is 22.6 Å². The van der Waals surface area contributed by atoms with Crippen LogP contribution in [0.15, 0.2) is 30.3 Å². The summed E-state index contributed by atoms with van der Waals surface area (Å²) in [7, 11) is 0. The van der Waals surface area contributed by atoms with Crippen molar-refractivity contribution in [2.75, 3.05) is 11.5 Å². The highest BCUT2D eigenvalue weighted by atomic mass is 32.1. The van der Waals surface area contributed by atoms with Gasteiger partial charge in [-0.15, -0.1) is 0 Å². The molecule has 1 aromatic heterocycles. The summed E-state index contributed by atoms with van der Waals surface area (Å²) in [4.78, 5) is 20.5. The molecule has 0 aliphatic carbocycles. The van der Waals surface area contributed by atoms with Crippen molar-refractivity contribution in [3.05, 3.63) is 52.7 Å². The molecule has 0 unspecified atom stereocenters. The second-order valence-corrected chi connectivity index (χ2v) is 9.37. The van der Waals surface area contributed by atoms with Gasteiger partial charge in [-0.2, -0.15) is 18.4 Å². The van der Waals surface area contributed by atoms with Crippen molar-refractivity contribution in [1.29, 1.82) is 5.26 Å². The van der Waals surface area contributed by atoms with Crippen molar-refractivity contribution in [3.8, 4) is 11.9 Å². The Morgan fingerprint density at radius 1 is 1.24 bits per heavy atom. The predicted octanol–water partition coefficient (Wildman–Crippen LogP) is 5.23. The molecule has 6 nitrogen and oxygen atoms in total. The van der Waals surface area contributed by atoms with Gasteiger partial charge in [-0.3, -0.25) is 9.69 Å². The average Bonchev–Trinajstić information content (AvgIpc) is 2.92. The Balaban J connectivity index is 1.92. The number of ether oxygens (including phenoxy) is 1. The zero-order valence-corrected chi connectivity index (χ0v) is 20.3. The molecule has 34 heavy (non-hydrogen) atoms. The highest BCUT2D eigenvalue weighted by Crippen LogP contribution is 2.38. The lowest BCUT2D eigenvalue weighted by atomic mass is 10.0. The monoisotopic (exact) mass is 490 g/mol. The second kappa shape index (κ2) is 9.22. The van der Waals surface area contributed by atoms with Crippen LogP contribution in [0.2, 0.25) is 0 Å². The number of halogens is 3. The number of benzene rings is 1. The number of hydrogen-bond donors (Lipinski definition) is 0. The summed E-state index contributed by atoms with van der Waals surface area (Å²) in [6.45, 7) is 9.98. The number of pyridine rings is 1. The lowest BCUT2D eigenvalue weighted by Crippen LogP contribution is -2.43. The van der Waals surface area contributed by atoms with Crippen LogP contribution in [-0.4, -0.2) is 33.0 Å². The quantitative estimate of drug-likeness (QED) is 0.517. The maximum absolute atomic E-state index is 13.5. The number of anilines is 1. The molecule has 0 N–H and O–H groups in total. The summed E-state index contributed by atoms with van der Waals surface area (Å²) in [6.07, 6.45) is -4.75. The molecule has 1 aliphatic heterocycles. The summed E-state index contributed by atoms with van der Waals surface area (Å²) < 4.78 is 46.1. The number of aryl methyl sites for hydroxylation is 1. The Bertz CT molecular complexity index is 1170. The van der Waals surface area contributed by atoms with E-state index in [1.807, 2.05) is 26.8 Å². The molecule has 10 heteroatoms. The highest BCUT2D eigenvalue weighted by molar-refractivity contribution is 7.80. The number of carbonyl (C=O) groups excluding carboxylic acids is 1. The van der Waals surface area contributed by atoms with E-state index in [1.54, 1.807) is 30.9 Å². The van der Waals surface area contributed by atoms with Gasteiger partial charge in [-0.05, 0) is 62.7 Å². The third-order valence-corrected chi connectivity index (χ3v) is 5.98. The van der Waals surface area contributed by atoms with Crippen LogP contribution in [0.25, 0.3) is 0 Å². The number of carbonyl (C=O) groups is 1. The fourth-order valence-corrected chi connectivity index (χ4v) is 4.05. The van der Waals surface area contributed by atoms with Crippen molar-refractivity contribution in [2.45, 2.75) is 52.9 Å². The second-order valence-electron chi connectivity index (χ2n) is 9.01. The maximum Gasteiger partial charge on any atom is 0.417 e.